The van der Waals surface area contributed by atoms with Crippen molar-refractivity contribution in [1.29, 1.82) is 0 Å². The summed E-state index contributed by atoms with van der Waals surface area (Å²) in [7, 11) is 0. The average Bonchev–Trinajstić information content (AvgIpc) is 3.22. The number of Topliss-reactive ketones (excluding diaryl/α,β-unsaturated/α-hetero) is 2. The van der Waals surface area contributed by atoms with Gasteiger partial charge in [-0.1, -0.05) is 35.9 Å². The zero-order chi connectivity index (χ0) is 16.7. The highest BCUT2D eigenvalue weighted by atomic mass is 32.1. The van der Waals surface area contributed by atoms with Crippen LogP contribution in [0.3, 0.4) is 0 Å². The van der Waals surface area contributed by atoms with E-state index in [1.54, 1.807) is 11.3 Å². The van der Waals surface area contributed by atoms with Crippen LogP contribution in [0.5, 0.6) is 0 Å². The van der Waals surface area contributed by atoms with Crippen LogP contribution in [0.1, 0.15) is 46.0 Å². The lowest BCUT2D eigenvalue weighted by atomic mass is 9.83. The molecule has 1 aliphatic carbocycles. The minimum absolute atomic E-state index is 0.0457. The number of ether oxygens (including phenoxy) is 1. The Labute approximate surface area is 145 Å². The number of carbonyl (C=O) groups excluding carboxylic acids is 2. The van der Waals surface area contributed by atoms with Gasteiger partial charge in [0.15, 0.2) is 11.9 Å². The fourth-order valence-corrected chi connectivity index (χ4v) is 4.38. The van der Waals surface area contributed by atoms with Crippen molar-refractivity contribution in [2.75, 3.05) is 0 Å². The molecule has 0 saturated heterocycles. The number of carbonyl (C=O) groups is 2. The van der Waals surface area contributed by atoms with Gasteiger partial charge >= 0.3 is 0 Å². The van der Waals surface area contributed by atoms with Crippen molar-refractivity contribution < 1.29 is 14.3 Å². The number of aryl methyl sites for hydroxylation is 1. The molecule has 0 unspecified atom stereocenters. The van der Waals surface area contributed by atoms with Crippen molar-refractivity contribution in [3.8, 4) is 0 Å². The van der Waals surface area contributed by atoms with E-state index in [1.807, 2.05) is 48.7 Å². The topological polar surface area (TPSA) is 43.4 Å². The molecule has 2 heterocycles. The summed E-state index contributed by atoms with van der Waals surface area (Å²) in [4.78, 5) is 26.6. The average molecular weight is 338 g/mol. The number of hydrogen-bond acceptors (Lipinski definition) is 4. The van der Waals surface area contributed by atoms with E-state index in [-0.39, 0.29) is 17.5 Å². The second-order valence-corrected chi connectivity index (χ2v) is 7.35. The quantitative estimate of drug-likeness (QED) is 0.778. The van der Waals surface area contributed by atoms with E-state index in [0.717, 1.165) is 34.6 Å². The zero-order valence-electron chi connectivity index (χ0n) is 13.5. The predicted molar refractivity (Wildman–Crippen MR) is 93.3 cm³/mol. The molecule has 0 amide bonds. The van der Waals surface area contributed by atoms with Gasteiger partial charge in [0.2, 0.25) is 5.78 Å². The van der Waals surface area contributed by atoms with Gasteiger partial charge in [-0.15, -0.1) is 11.3 Å². The van der Waals surface area contributed by atoms with Crippen LogP contribution in [-0.2, 0) is 9.53 Å². The molecule has 24 heavy (non-hydrogen) atoms. The Bertz CT molecular complexity index is 815. The van der Waals surface area contributed by atoms with E-state index in [1.165, 1.54) is 0 Å². The molecule has 1 aliphatic heterocycles. The van der Waals surface area contributed by atoms with Gasteiger partial charge in [-0.3, -0.25) is 9.59 Å². The van der Waals surface area contributed by atoms with Crippen molar-refractivity contribution in [2.24, 2.45) is 0 Å². The maximum absolute atomic E-state index is 13.1. The Morgan fingerprint density at radius 1 is 1.17 bits per heavy atom. The summed E-state index contributed by atoms with van der Waals surface area (Å²) in [6, 6.07) is 11.5. The minimum Gasteiger partial charge on any atom is -0.485 e. The minimum atomic E-state index is -0.626. The number of benzene rings is 1. The van der Waals surface area contributed by atoms with E-state index in [9.17, 15) is 9.59 Å². The van der Waals surface area contributed by atoms with Gasteiger partial charge in [0.05, 0.1) is 5.92 Å². The SMILES string of the molecule is Cc1ccc(C(=O)[C@@H]2OC3=C(C(=O)CCC3)[C@H]2c2cccs2)cc1. The highest BCUT2D eigenvalue weighted by Gasteiger charge is 2.46. The predicted octanol–water partition coefficient (Wildman–Crippen LogP) is 4.43. The number of rotatable bonds is 3. The molecule has 1 aromatic heterocycles. The zero-order valence-corrected chi connectivity index (χ0v) is 14.3. The third-order valence-electron chi connectivity index (χ3n) is 4.74. The second-order valence-electron chi connectivity index (χ2n) is 6.38. The van der Waals surface area contributed by atoms with Gasteiger partial charge in [0.25, 0.3) is 0 Å². The Morgan fingerprint density at radius 2 is 1.96 bits per heavy atom. The van der Waals surface area contributed by atoms with Crippen LogP contribution in [0, 0.1) is 6.92 Å². The highest BCUT2D eigenvalue weighted by molar-refractivity contribution is 7.10. The molecule has 4 rings (SSSR count). The molecule has 2 aromatic rings. The van der Waals surface area contributed by atoms with Crippen molar-refractivity contribution >= 4 is 22.9 Å². The van der Waals surface area contributed by atoms with Crippen LogP contribution in [0.4, 0.5) is 0 Å². The van der Waals surface area contributed by atoms with Gasteiger partial charge in [0, 0.05) is 28.9 Å². The maximum atomic E-state index is 13.1. The summed E-state index contributed by atoms with van der Waals surface area (Å²) < 4.78 is 6.03. The fourth-order valence-electron chi connectivity index (χ4n) is 3.52. The van der Waals surface area contributed by atoms with Crippen LogP contribution in [0.15, 0.2) is 53.1 Å². The van der Waals surface area contributed by atoms with Crippen LogP contribution in [0.2, 0.25) is 0 Å². The fraction of sp³-hybridized carbons (Fsp3) is 0.300. The molecule has 4 heteroatoms. The summed E-state index contributed by atoms with van der Waals surface area (Å²) >= 11 is 1.58. The summed E-state index contributed by atoms with van der Waals surface area (Å²) in [5, 5.41) is 1.98. The smallest absolute Gasteiger partial charge is 0.204 e. The summed E-state index contributed by atoms with van der Waals surface area (Å²) in [5.41, 5.74) is 2.48. The molecule has 0 saturated carbocycles. The lowest BCUT2D eigenvalue weighted by Gasteiger charge is -2.19. The maximum Gasteiger partial charge on any atom is 0.204 e. The number of allylic oxidation sites excluding steroid dienone is 1. The van der Waals surface area contributed by atoms with Crippen molar-refractivity contribution in [2.45, 2.75) is 38.2 Å². The molecule has 0 N–H and O–H groups in total. The third-order valence-corrected chi connectivity index (χ3v) is 5.69. The van der Waals surface area contributed by atoms with Crippen molar-refractivity contribution in [3.05, 3.63) is 69.1 Å². The number of ketones is 2. The lowest BCUT2D eigenvalue weighted by molar-refractivity contribution is -0.116. The van der Waals surface area contributed by atoms with Crippen LogP contribution >= 0.6 is 11.3 Å². The molecule has 122 valence electrons. The highest BCUT2D eigenvalue weighted by Crippen LogP contribution is 2.46. The number of hydrogen-bond donors (Lipinski definition) is 0. The van der Waals surface area contributed by atoms with Gasteiger partial charge in [0.1, 0.15) is 5.76 Å². The first-order valence-electron chi connectivity index (χ1n) is 8.22. The van der Waals surface area contributed by atoms with Gasteiger partial charge < -0.3 is 4.74 Å². The largest absolute Gasteiger partial charge is 0.485 e. The van der Waals surface area contributed by atoms with Crippen LogP contribution in [0.25, 0.3) is 0 Å². The standard InChI is InChI=1S/C20H18O3S/c1-12-7-9-13(10-8-12)19(22)20-18(16-6-3-11-24-16)17-14(21)4-2-5-15(17)23-20/h3,6-11,18,20H,2,4-5H2,1H3/t18-,20-/m1/s1. The first-order valence-corrected chi connectivity index (χ1v) is 9.10. The Kier molecular flexibility index (Phi) is 3.85. The van der Waals surface area contributed by atoms with E-state index in [2.05, 4.69) is 0 Å². The molecule has 1 aromatic carbocycles. The van der Waals surface area contributed by atoms with Gasteiger partial charge in [-0.05, 0) is 24.8 Å². The molecule has 2 aliphatic rings. The van der Waals surface area contributed by atoms with E-state index in [4.69, 9.17) is 4.74 Å². The van der Waals surface area contributed by atoms with E-state index >= 15 is 0 Å². The summed E-state index contributed by atoms with van der Waals surface area (Å²) in [6.45, 7) is 1.99. The molecule has 0 radical (unpaired) electrons. The first kappa shape index (κ1) is 15.3. The first-order chi connectivity index (χ1) is 11.6. The van der Waals surface area contributed by atoms with Gasteiger partial charge in [-0.2, -0.15) is 0 Å². The van der Waals surface area contributed by atoms with E-state index in [0.29, 0.717) is 12.0 Å². The molecule has 0 fully saturated rings. The lowest BCUT2D eigenvalue weighted by Crippen LogP contribution is -2.28. The molecule has 2 atom stereocenters. The molecular weight excluding hydrogens is 320 g/mol. The Hall–Kier alpha value is -2.20. The van der Waals surface area contributed by atoms with Crippen molar-refractivity contribution in [3.63, 3.8) is 0 Å². The molecular formula is C20H18O3S. The van der Waals surface area contributed by atoms with Crippen LogP contribution in [-0.4, -0.2) is 17.7 Å². The van der Waals surface area contributed by atoms with Gasteiger partial charge in [-0.25, -0.2) is 0 Å². The molecule has 0 bridgehead atoms. The summed E-state index contributed by atoms with van der Waals surface area (Å²) in [5.74, 6) is 0.557. The molecule has 0 spiro atoms. The third kappa shape index (κ3) is 2.51. The Balaban J connectivity index is 1.74. The molecule has 3 nitrogen and oxygen atoms in total. The second kappa shape index (κ2) is 6.02. The Morgan fingerprint density at radius 3 is 2.67 bits per heavy atom. The van der Waals surface area contributed by atoms with E-state index < -0.39 is 6.10 Å². The number of thiophene rings is 1. The summed E-state index contributed by atoms with van der Waals surface area (Å²) in [6.07, 6.45) is 1.48. The van der Waals surface area contributed by atoms with Crippen LogP contribution < -0.4 is 0 Å². The van der Waals surface area contributed by atoms with Crippen molar-refractivity contribution in [1.82, 2.24) is 0 Å². The normalized spacial score (nSPS) is 23.1. The monoisotopic (exact) mass is 338 g/mol.